The minimum atomic E-state index is -0.346. The number of rotatable bonds is 2. The van der Waals surface area contributed by atoms with E-state index >= 15 is 0 Å². The van der Waals surface area contributed by atoms with E-state index in [0.29, 0.717) is 0 Å². The van der Waals surface area contributed by atoms with Crippen LogP contribution in [0.5, 0.6) is 0 Å². The average Bonchev–Trinajstić information content (AvgIpc) is 2.29. The highest BCUT2D eigenvalue weighted by atomic mass is 16.1. The van der Waals surface area contributed by atoms with Crippen LogP contribution in [-0.4, -0.2) is 15.6 Å². The highest BCUT2D eigenvalue weighted by Crippen LogP contribution is 2.07. The van der Waals surface area contributed by atoms with Crippen molar-refractivity contribution >= 4 is 5.78 Å². The van der Waals surface area contributed by atoms with Gasteiger partial charge in [-0.3, -0.25) is 9.59 Å². The minimum absolute atomic E-state index is 0.0333. The number of carbonyl (C=O) groups excluding carboxylic acids is 1. The van der Waals surface area contributed by atoms with Gasteiger partial charge in [-0.05, 0) is 24.6 Å². The Morgan fingerprint density at radius 1 is 1.29 bits per heavy atom. The second-order valence-corrected chi connectivity index (χ2v) is 3.87. The quantitative estimate of drug-likeness (QED) is 0.736. The lowest BCUT2D eigenvalue weighted by Crippen LogP contribution is -2.18. The Kier molecular flexibility index (Phi) is 2.87. The van der Waals surface area contributed by atoms with Gasteiger partial charge in [0.1, 0.15) is 0 Å². The summed E-state index contributed by atoms with van der Waals surface area (Å²) in [5, 5.41) is 4.04. The zero-order valence-electron chi connectivity index (χ0n) is 9.68. The Morgan fingerprint density at radius 2 is 2.06 bits per heavy atom. The number of ketones is 1. The molecule has 0 radical (unpaired) electrons. The number of hydrogen-bond acceptors (Lipinski definition) is 3. The summed E-state index contributed by atoms with van der Waals surface area (Å²) in [7, 11) is 0. The molecule has 0 bridgehead atoms. The van der Waals surface area contributed by atoms with Crippen LogP contribution in [0.1, 0.15) is 23.0 Å². The molecular weight excluding hydrogens is 216 g/mol. The molecule has 0 N–H and O–H groups in total. The van der Waals surface area contributed by atoms with Gasteiger partial charge >= 0.3 is 0 Å². The van der Waals surface area contributed by atoms with E-state index in [1.807, 2.05) is 31.2 Å². The summed E-state index contributed by atoms with van der Waals surface area (Å²) in [5.74, 6) is -0.322. The lowest BCUT2D eigenvalue weighted by atomic mass is 10.2. The average molecular weight is 228 g/mol. The van der Waals surface area contributed by atoms with E-state index in [1.54, 1.807) is 6.20 Å². The number of Topliss-reactive ketones (excluding diaryl/α,β-unsaturated/α-hetero) is 1. The molecule has 1 heterocycles. The maximum atomic E-state index is 11.4. The molecule has 0 saturated carbocycles. The van der Waals surface area contributed by atoms with Crippen LogP contribution in [0.2, 0.25) is 0 Å². The molecule has 2 aromatic rings. The van der Waals surface area contributed by atoms with Crippen molar-refractivity contribution in [2.45, 2.75) is 13.8 Å². The predicted molar refractivity (Wildman–Crippen MR) is 64.6 cm³/mol. The summed E-state index contributed by atoms with van der Waals surface area (Å²) in [4.78, 5) is 22.7. The van der Waals surface area contributed by atoms with Crippen LogP contribution in [0.25, 0.3) is 5.69 Å². The summed E-state index contributed by atoms with van der Waals surface area (Å²) in [6.45, 7) is 3.31. The van der Waals surface area contributed by atoms with Crippen LogP contribution in [0.15, 0.2) is 41.3 Å². The van der Waals surface area contributed by atoms with Crippen molar-refractivity contribution < 1.29 is 4.79 Å². The Labute approximate surface area is 98.5 Å². The van der Waals surface area contributed by atoms with Crippen molar-refractivity contribution in [1.29, 1.82) is 0 Å². The molecule has 0 aliphatic heterocycles. The summed E-state index contributed by atoms with van der Waals surface area (Å²) >= 11 is 0. The molecule has 0 fully saturated rings. The van der Waals surface area contributed by atoms with Crippen LogP contribution < -0.4 is 5.43 Å². The van der Waals surface area contributed by atoms with Gasteiger partial charge in [0, 0.05) is 19.2 Å². The van der Waals surface area contributed by atoms with Crippen molar-refractivity contribution in [2.75, 3.05) is 0 Å². The van der Waals surface area contributed by atoms with Crippen molar-refractivity contribution in [1.82, 2.24) is 9.78 Å². The zero-order chi connectivity index (χ0) is 12.4. The van der Waals surface area contributed by atoms with Gasteiger partial charge in [0.15, 0.2) is 11.5 Å². The third-order valence-corrected chi connectivity index (χ3v) is 2.41. The molecule has 0 unspecified atom stereocenters. The third-order valence-electron chi connectivity index (χ3n) is 2.41. The number of aryl methyl sites for hydroxylation is 1. The van der Waals surface area contributed by atoms with E-state index in [9.17, 15) is 9.59 Å². The fourth-order valence-electron chi connectivity index (χ4n) is 1.57. The molecule has 4 nitrogen and oxygen atoms in total. The third kappa shape index (κ3) is 2.30. The topological polar surface area (TPSA) is 52.0 Å². The van der Waals surface area contributed by atoms with Crippen LogP contribution in [-0.2, 0) is 0 Å². The van der Waals surface area contributed by atoms with Gasteiger partial charge in [0.25, 0.3) is 0 Å². The van der Waals surface area contributed by atoms with Crippen molar-refractivity contribution in [3.8, 4) is 5.69 Å². The second kappa shape index (κ2) is 4.33. The Hall–Kier alpha value is -2.23. The molecular formula is C13H12N2O2. The van der Waals surface area contributed by atoms with Crippen LogP contribution in [0.4, 0.5) is 0 Å². The number of carbonyl (C=O) groups is 1. The van der Waals surface area contributed by atoms with E-state index in [4.69, 9.17) is 0 Å². The molecule has 0 aliphatic carbocycles. The van der Waals surface area contributed by atoms with Crippen LogP contribution in [0, 0.1) is 6.92 Å². The first-order valence-corrected chi connectivity index (χ1v) is 5.26. The van der Waals surface area contributed by atoms with E-state index < -0.39 is 0 Å². The molecule has 0 spiro atoms. The number of aromatic nitrogens is 2. The molecule has 4 heteroatoms. The second-order valence-electron chi connectivity index (χ2n) is 3.87. The van der Waals surface area contributed by atoms with E-state index in [2.05, 4.69) is 5.10 Å². The molecule has 0 aliphatic rings. The lowest BCUT2D eigenvalue weighted by molar-refractivity contribution is 0.101. The molecule has 0 amide bonds. The SMILES string of the molecule is CC(=O)c1nn(-c2cccc(C)c2)ccc1=O. The van der Waals surface area contributed by atoms with E-state index in [1.165, 1.54) is 17.7 Å². The number of nitrogens with zero attached hydrogens (tertiary/aromatic N) is 2. The summed E-state index contributed by atoms with van der Waals surface area (Å²) in [6.07, 6.45) is 1.56. The van der Waals surface area contributed by atoms with Gasteiger partial charge in [-0.25, -0.2) is 4.68 Å². The first-order valence-electron chi connectivity index (χ1n) is 5.26. The summed E-state index contributed by atoms with van der Waals surface area (Å²) in [5.41, 5.74) is 1.54. The smallest absolute Gasteiger partial charge is 0.211 e. The Morgan fingerprint density at radius 3 is 2.71 bits per heavy atom. The van der Waals surface area contributed by atoms with Gasteiger partial charge in [0.2, 0.25) is 5.43 Å². The predicted octanol–water partition coefficient (Wildman–Crippen LogP) is 1.74. The molecule has 2 rings (SSSR count). The van der Waals surface area contributed by atoms with E-state index in [-0.39, 0.29) is 16.9 Å². The van der Waals surface area contributed by atoms with Crippen LogP contribution >= 0.6 is 0 Å². The van der Waals surface area contributed by atoms with Crippen molar-refractivity contribution in [2.24, 2.45) is 0 Å². The monoisotopic (exact) mass is 228 g/mol. The van der Waals surface area contributed by atoms with Gasteiger partial charge in [-0.2, -0.15) is 5.10 Å². The fraction of sp³-hybridized carbons (Fsp3) is 0.154. The summed E-state index contributed by atoms with van der Waals surface area (Å²) < 4.78 is 1.53. The van der Waals surface area contributed by atoms with E-state index in [0.717, 1.165) is 11.3 Å². The normalized spacial score (nSPS) is 10.2. The van der Waals surface area contributed by atoms with Crippen molar-refractivity contribution in [3.63, 3.8) is 0 Å². The van der Waals surface area contributed by atoms with Gasteiger partial charge in [0.05, 0.1) is 5.69 Å². The maximum absolute atomic E-state index is 11.4. The highest BCUT2D eigenvalue weighted by molar-refractivity contribution is 5.91. The molecule has 1 aromatic heterocycles. The van der Waals surface area contributed by atoms with Gasteiger partial charge in [-0.15, -0.1) is 0 Å². The van der Waals surface area contributed by atoms with Crippen molar-refractivity contribution in [3.05, 3.63) is 58.0 Å². The highest BCUT2D eigenvalue weighted by Gasteiger charge is 2.08. The number of hydrogen-bond donors (Lipinski definition) is 0. The molecule has 0 saturated heterocycles. The van der Waals surface area contributed by atoms with Gasteiger partial charge < -0.3 is 0 Å². The lowest BCUT2D eigenvalue weighted by Gasteiger charge is -2.06. The zero-order valence-corrected chi connectivity index (χ0v) is 9.68. The molecule has 1 aromatic carbocycles. The maximum Gasteiger partial charge on any atom is 0.211 e. The van der Waals surface area contributed by atoms with Gasteiger partial charge in [-0.1, -0.05) is 12.1 Å². The fourth-order valence-corrected chi connectivity index (χ4v) is 1.57. The first kappa shape index (κ1) is 11.3. The Bertz CT molecular complexity index is 629. The van der Waals surface area contributed by atoms with Crippen LogP contribution in [0.3, 0.4) is 0 Å². The molecule has 17 heavy (non-hydrogen) atoms. The standard InChI is InChI=1S/C13H12N2O2/c1-9-4-3-5-11(8-9)15-7-6-12(17)13(14-15)10(2)16/h3-8H,1-2H3. The first-order chi connectivity index (χ1) is 8.08. The summed E-state index contributed by atoms with van der Waals surface area (Å²) in [6, 6.07) is 9.03. The largest absolute Gasteiger partial charge is 0.293 e. The molecule has 0 atom stereocenters. The minimum Gasteiger partial charge on any atom is -0.293 e. The molecule has 86 valence electrons. The Balaban J connectivity index is 2.58. The number of benzene rings is 1.